The van der Waals surface area contributed by atoms with Gasteiger partial charge in [-0.15, -0.1) is 0 Å². The topological polar surface area (TPSA) is 98.4 Å². The van der Waals surface area contributed by atoms with Gasteiger partial charge in [0.05, 0.1) is 27.7 Å². The average molecular weight is 581 g/mol. The quantitative estimate of drug-likeness (QED) is 0.278. The van der Waals surface area contributed by atoms with Gasteiger partial charge in [0.25, 0.3) is 9.84 Å². The lowest BCUT2D eigenvalue weighted by Gasteiger charge is -2.49. The van der Waals surface area contributed by atoms with Crippen molar-refractivity contribution < 1.29 is 27.4 Å². The number of aromatic nitrogens is 1. The van der Waals surface area contributed by atoms with Crippen molar-refractivity contribution in [1.82, 2.24) is 4.48 Å². The smallest absolute Gasteiger partial charge is 0.370 e. The zero-order chi connectivity index (χ0) is 22.1. The number of thiophene rings is 1. The van der Waals surface area contributed by atoms with Crippen molar-refractivity contribution in [2.45, 2.75) is 23.2 Å². The van der Waals surface area contributed by atoms with Crippen LogP contribution in [0.2, 0.25) is 5.02 Å². The van der Waals surface area contributed by atoms with Crippen LogP contribution in [-0.4, -0.2) is 36.0 Å². The Kier molecular flexibility index (Phi) is 5.30. The van der Waals surface area contributed by atoms with Gasteiger partial charge in [-0.05, 0) is 45.9 Å². The van der Waals surface area contributed by atoms with Gasteiger partial charge in [-0.1, -0.05) is 34.3 Å². The number of hydrogen-bond donors (Lipinski definition) is 1. The normalized spacial score (nSPS) is 24.1. The van der Waals surface area contributed by atoms with Crippen LogP contribution in [0.1, 0.15) is 11.4 Å². The summed E-state index contributed by atoms with van der Waals surface area (Å²) in [5, 5.41) is 10.1. The molecule has 1 fully saturated rings. The van der Waals surface area contributed by atoms with Crippen LogP contribution in [0.15, 0.2) is 38.0 Å². The van der Waals surface area contributed by atoms with Gasteiger partial charge in [-0.3, -0.25) is 0 Å². The predicted molar refractivity (Wildman–Crippen MR) is 125 cm³/mol. The number of halogens is 2. The van der Waals surface area contributed by atoms with Crippen molar-refractivity contribution >= 4 is 99.3 Å². The zero-order valence-electron chi connectivity index (χ0n) is 15.4. The number of benzene rings is 1. The number of carbonyl (C=O) groups is 1. The molecule has 1 N–H and O–H groups in total. The Labute approximate surface area is 203 Å². The third-order valence-electron chi connectivity index (χ3n) is 5.43. The number of quaternary nitrogens is 1. The number of rotatable bonds is 4. The summed E-state index contributed by atoms with van der Waals surface area (Å²) in [5.41, 5.74) is 0.699. The molecule has 5 rings (SSSR count). The van der Waals surface area contributed by atoms with Gasteiger partial charge in [0.1, 0.15) is 4.70 Å². The monoisotopic (exact) mass is 579 g/mol. The standard InChI is InChI=1S/C18H12BrClN2O5S4/c19-13-6-12-18(30-13)21(8-17(23)24)14(28-12)7-15-22(4-3-16(22)31(25,26)27)10-5-9(20)1-2-11(10)29-15/h1-2,5-7,16H,3-4,8H2/p+1. The molecule has 2 aliphatic rings. The summed E-state index contributed by atoms with van der Waals surface area (Å²) >= 11 is 13.9. The van der Waals surface area contributed by atoms with E-state index in [-0.39, 0.29) is 17.4 Å². The minimum absolute atomic E-state index is 0.0886. The molecule has 1 spiro atoms. The van der Waals surface area contributed by atoms with Crippen molar-refractivity contribution in [2.75, 3.05) is 6.54 Å². The maximum Gasteiger partial charge on any atom is 0.370 e. The zero-order valence-corrected chi connectivity index (χ0v) is 21.1. The van der Waals surface area contributed by atoms with Gasteiger partial charge in [0.2, 0.25) is 6.54 Å². The Hall–Kier alpha value is -0.990. The van der Waals surface area contributed by atoms with Crippen LogP contribution in [0.3, 0.4) is 0 Å². The number of nitrogens with zero attached hydrogens (tertiary/aromatic N) is 2. The summed E-state index contributed by atoms with van der Waals surface area (Å²) < 4.78 is 39.7. The summed E-state index contributed by atoms with van der Waals surface area (Å²) in [4.78, 5) is 13.2. The first-order valence-electron chi connectivity index (χ1n) is 8.96. The van der Waals surface area contributed by atoms with E-state index in [1.165, 1.54) is 34.4 Å². The molecule has 0 amide bonds. The van der Waals surface area contributed by atoms with Crippen molar-refractivity contribution in [3.05, 3.63) is 43.1 Å². The SMILES string of the molecule is O=C(O)C[n+]1c(C=C2Sc3ccc(Cl)cc3[N+]23CCC3S(=O)(=O)[O-])sc2cc(Br)sc21. The summed E-state index contributed by atoms with van der Waals surface area (Å²) in [6.45, 7) is 0.237. The van der Waals surface area contributed by atoms with E-state index in [0.717, 1.165) is 18.2 Å². The van der Waals surface area contributed by atoms with Crippen LogP contribution in [0, 0.1) is 0 Å². The van der Waals surface area contributed by atoms with Gasteiger partial charge >= 0.3 is 5.97 Å². The van der Waals surface area contributed by atoms with Crippen LogP contribution in [-0.2, 0) is 21.5 Å². The van der Waals surface area contributed by atoms with Crippen LogP contribution in [0.25, 0.3) is 15.6 Å². The van der Waals surface area contributed by atoms with Crippen LogP contribution in [0.5, 0.6) is 0 Å². The highest BCUT2D eigenvalue weighted by Gasteiger charge is 2.60. The van der Waals surface area contributed by atoms with Crippen LogP contribution >= 0.6 is 62.0 Å². The second-order valence-corrected chi connectivity index (χ2v) is 13.7. The predicted octanol–water partition coefficient (Wildman–Crippen LogP) is 4.44. The lowest BCUT2D eigenvalue weighted by Crippen LogP contribution is -2.66. The van der Waals surface area contributed by atoms with Crippen molar-refractivity contribution in [2.24, 2.45) is 0 Å². The molecule has 2 aliphatic heterocycles. The first kappa shape index (κ1) is 21.8. The maximum atomic E-state index is 12.1. The summed E-state index contributed by atoms with van der Waals surface area (Å²) in [7, 11) is -4.56. The molecule has 1 saturated heterocycles. The van der Waals surface area contributed by atoms with Crippen LogP contribution in [0.4, 0.5) is 5.69 Å². The summed E-state index contributed by atoms with van der Waals surface area (Å²) in [6.07, 6.45) is 2.08. The lowest BCUT2D eigenvalue weighted by molar-refractivity contribution is -0.655. The Morgan fingerprint density at radius 3 is 2.81 bits per heavy atom. The Bertz CT molecular complexity index is 1400. The van der Waals surface area contributed by atoms with Gasteiger partial charge in [0, 0.05) is 11.1 Å². The minimum atomic E-state index is -4.56. The molecular formula is C18H13BrClN2O5S4+. The van der Waals surface area contributed by atoms with E-state index in [1.807, 2.05) is 18.2 Å². The number of thiazole rings is 1. The first-order valence-corrected chi connectivity index (χ1v) is 14.0. The molecule has 3 aromatic rings. The number of hydrogen-bond acceptors (Lipinski definition) is 7. The number of carboxylic acids is 1. The fourth-order valence-electron chi connectivity index (χ4n) is 4.10. The van der Waals surface area contributed by atoms with E-state index in [0.29, 0.717) is 27.3 Å². The molecule has 2 atom stereocenters. The maximum absolute atomic E-state index is 12.1. The second kappa shape index (κ2) is 7.52. The molecule has 0 bridgehead atoms. The molecule has 162 valence electrons. The van der Waals surface area contributed by atoms with E-state index >= 15 is 0 Å². The third-order valence-corrected chi connectivity index (χ3v) is 11.0. The lowest BCUT2D eigenvalue weighted by atomic mass is 10.1. The highest BCUT2D eigenvalue weighted by molar-refractivity contribution is 9.11. The van der Waals surface area contributed by atoms with Gasteiger partial charge in [-0.2, -0.15) is 4.57 Å². The Balaban J connectivity index is 1.71. The van der Waals surface area contributed by atoms with Gasteiger partial charge in [0.15, 0.2) is 26.2 Å². The van der Waals surface area contributed by atoms with E-state index in [4.69, 9.17) is 11.6 Å². The fourth-order valence-corrected chi connectivity index (χ4v) is 9.96. The number of thioether (sulfide) groups is 1. The van der Waals surface area contributed by atoms with Gasteiger partial charge in [-0.25, -0.2) is 17.7 Å². The molecule has 7 nitrogen and oxygen atoms in total. The minimum Gasteiger partial charge on any atom is -0.743 e. The summed E-state index contributed by atoms with van der Waals surface area (Å²) in [5.74, 6) is -0.976. The number of aliphatic carboxylic acids is 1. The molecule has 0 aliphatic carbocycles. The number of fused-ring (bicyclic) bond motifs is 3. The van der Waals surface area contributed by atoms with Gasteiger partial charge < -0.3 is 9.66 Å². The second-order valence-electron chi connectivity index (χ2n) is 7.17. The van der Waals surface area contributed by atoms with E-state index in [9.17, 15) is 22.9 Å². The van der Waals surface area contributed by atoms with E-state index < -0.39 is 21.5 Å². The van der Waals surface area contributed by atoms with E-state index in [2.05, 4.69) is 15.9 Å². The molecular weight excluding hydrogens is 568 g/mol. The molecule has 31 heavy (non-hydrogen) atoms. The van der Waals surface area contributed by atoms with Crippen molar-refractivity contribution in [3.63, 3.8) is 0 Å². The molecule has 0 radical (unpaired) electrons. The average Bonchev–Trinajstić information content (AvgIpc) is 3.23. The molecule has 2 aromatic heterocycles. The molecule has 2 unspecified atom stereocenters. The fraction of sp³-hybridized carbons (Fsp3) is 0.222. The molecule has 4 heterocycles. The largest absolute Gasteiger partial charge is 0.743 e. The molecule has 0 saturated carbocycles. The van der Waals surface area contributed by atoms with E-state index in [1.54, 1.807) is 16.7 Å². The highest BCUT2D eigenvalue weighted by Crippen LogP contribution is 2.58. The first-order chi connectivity index (χ1) is 14.6. The Morgan fingerprint density at radius 2 is 2.16 bits per heavy atom. The highest BCUT2D eigenvalue weighted by atomic mass is 79.9. The summed E-state index contributed by atoms with van der Waals surface area (Å²) in [6, 6.07) is 7.21. The van der Waals surface area contributed by atoms with Crippen molar-refractivity contribution in [1.29, 1.82) is 0 Å². The van der Waals surface area contributed by atoms with Crippen molar-refractivity contribution in [3.8, 4) is 0 Å². The number of carboxylic acid groups (broad SMARTS) is 1. The third kappa shape index (κ3) is 3.48. The van der Waals surface area contributed by atoms with Crippen LogP contribution < -0.4 is 9.05 Å². The Morgan fingerprint density at radius 1 is 1.39 bits per heavy atom. The molecule has 13 heteroatoms. The molecule has 1 aromatic carbocycles.